The van der Waals surface area contributed by atoms with E-state index in [9.17, 15) is 4.79 Å². The third-order valence-corrected chi connectivity index (χ3v) is 3.33. The van der Waals surface area contributed by atoms with Gasteiger partial charge < -0.3 is 14.8 Å². The van der Waals surface area contributed by atoms with Crippen LogP contribution in [0.4, 0.5) is 5.00 Å². The van der Waals surface area contributed by atoms with Crippen LogP contribution in [0.25, 0.3) is 0 Å². The lowest BCUT2D eigenvalue weighted by atomic mass is 10.2. The van der Waals surface area contributed by atoms with Crippen LogP contribution < -0.4 is 5.32 Å². The maximum Gasteiger partial charge on any atom is 0.360 e. The maximum atomic E-state index is 11.6. The van der Waals surface area contributed by atoms with Crippen molar-refractivity contribution < 1.29 is 14.3 Å². The Balaban J connectivity index is 1.91. The van der Waals surface area contributed by atoms with Gasteiger partial charge in [-0.1, -0.05) is 0 Å². The van der Waals surface area contributed by atoms with Crippen LogP contribution in [0.5, 0.6) is 0 Å². The summed E-state index contributed by atoms with van der Waals surface area (Å²) in [5.41, 5.74) is 2.01. The molecule has 1 aromatic heterocycles. The van der Waals surface area contributed by atoms with E-state index in [2.05, 4.69) is 10.3 Å². The fraction of sp³-hybridized carbons (Fsp3) is 0.636. The molecule has 0 amide bonds. The Bertz CT molecular complexity index is 375. The number of anilines is 1. The summed E-state index contributed by atoms with van der Waals surface area (Å²) >= 11 is 1.41. The van der Waals surface area contributed by atoms with E-state index in [1.807, 2.05) is 0 Å². The second-order valence-electron chi connectivity index (χ2n) is 3.77. The van der Waals surface area contributed by atoms with Crippen LogP contribution in [0.15, 0.2) is 5.51 Å². The average Bonchev–Trinajstić information content (AvgIpc) is 2.98. The number of thiazole rings is 1. The number of hydrogen-bond donors (Lipinski definition) is 1. The quantitative estimate of drug-likeness (QED) is 0.815. The Morgan fingerprint density at radius 3 is 3.35 bits per heavy atom. The van der Waals surface area contributed by atoms with Crippen LogP contribution in [0.1, 0.15) is 30.3 Å². The monoisotopic (exact) mass is 256 g/mol. The molecular formula is C11H16N2O3S. The summed E-state index contributed by atoms with van der Waals surface area (Å²) in [5, 5.41) is 3.97. The number of esters is 1. The largest absolute Gasteiger partial charge is 0.461 e. The zero-order valence-corrected chi connectivity index (χ0v) is 10.6. The molecule has 1 unspecified atom stereocenters. The van der Waals surface area contributed by atoms with Crippen molar-refractivity contribution in [1.29, 1.82) is 0 Å². The highest BCUT2D eigenvalue weighted by Gasteiger charge is 2.19. The summed E-state index contributed by atoms with van der Waals surface area (Å²) < 4.78 is 10.4. The Kier molecular flexibility index (Phi) is 4.33. The number of carbonyl (C=O) groups excluding carboxylic acids is 1. The molecule has 0 spiro atoms. The van der Waals surface area contributed by atoms with Gasteiger partial charge in [-0.25, -0.2) is 9.78 Å². The lowest BCUT2D eigenvalue weighted by Crippen LogP contribution is -2.19. The van der Waals surface area contributed by atoms with Crippen LogP contribution in [0, 0.1) is 0 Å². The number of rotatable bonds is 5. The van der Waals surface area contributed by atoms with Gasteiger partial charge in [-0.05, 0) is 19.8 Å². The van der Waals surface area contributed by atoms with E-state index >= 15 is 0 Å². The summed E-state index contributed by atoms with van der Waals surface area (Å²) in [7, 11) is 0. The third kappa shape index (κ3) is 3.17. The molecule has 6 heteroatoms. The second-order valence-corrected chi connectivity index (χ2v) is 4.62. The van der Waals surface area contributed by atoms with E-state index in [0.29, 0.717) is 18.8 Å². The first kappa shape index (κ1) is 12.3. The SMILES string of the molecule is CCOC(=O)c1ncsc1NCC1CCCO1. The standard InChI is InChI=1S/C11H16N2O3S/c1-2-15-11(14)9-10(17-7-13-9)12-6-8-4-3-5-16-8/h7-8,12H,2-6H2,1H3. The zero-order valence-electron chi connectivity index (χ0n) is 9.77. The zero-order chi connectivity index (χ0) is 12.1. The lowest BCUT2D eigenvalue weighted by Gasteiger charge is -2.10. The molecule has 0 bridgehead atoms. The first-order chi connectivity index (χ1) is 8.31. The minimum atomic E-state index is -0.372. The summed E-state index contributed by atoms with van der Waals surface area (Å²) in [6.45, 7) is 3.69. The van der Waals surface area contributed by atoms with E-state index in [4.69, 9.17) is 9.47 Å². The van der Waals surface area contributed by atoms with Crippen molar-refractivity contribution in [3.8, 4) is 0 Å². The molecule has 2 heterocycles. The molecule has 1 aliphatic rings. The van der Waals surface area contributed by atoms with E-state index in [1.165, 1.54) is 11.3 Å². The smallest absolute Gasteiger partial charge is 0.360 e. The summed E-state index contributed by atoms with van der Waals surface area (Å²) in [5.74, 6) is -0.372. The summed E-state index contributed by atoms with van der Waals surface area (Å²) in [4.78, 5) is 15.6. The van der Waals surface area contributed by atoms with Crippen LogP contribution in [0.2, 0.25) is 0 Å². The molecule has 94 valence electrons. The highest BCUT2D eigenvalue weighted by atomic mass is 32.1. The number of nitrogens with zero attached hydrogens (tertiary/aromatic N) is 1. The van der Waals surface area contributed by atoms with Gasteiger partial charge >= 0.3 is 5.97 Å². The van der Waals surface area contributed by atoms with Gasteiger partial charge in [0.05, 0.1) is 18.2 Å². The fourth-order valence-electron chi connectivity index (χ4n) is 1.73. The van der Waals surface area contributed by atoms with Crippen molar-refractivity contribution in [3.63, 3.8) is 0 Å². The van der Waals surface area contributed by atoms with Gasteiger partial charge in [0.25, 0.3) is 0 Å². The first-order valence-electron chi connectivity index (χ1n) is 5.77. The predicted molar refractivity (Wildman–Crippen MR) is 65.5 cm³/mol. The van der Waals surface area contributed by atoms with Crippen LogP contribution in [-0.4, -0.2) is 36.8 Å². The highest BCUT2D eigenvalue weighted by Crippen LogP contribution is 2.22. The van der Waals surface area contributed by atoms with E-state index in [-0.39, 0.29) is 12.1 Å². The molecular weight excluding hydrogens is 240 g/mol. The molecule has 5 nitrogen and oxygen atoms in total. The van der Waals surface area contributed by atoms with Gasteiger partial charge in [0.1, 0.15) is 5.00 Å². The number of hydrogen-bond acceptors (Lipinski definition) is 6. The van der Waals surface area contributed by atoms with Crippen molar-refractivity contribution >= 4 is 22.3 Å². The van der Waals surface area contributed by atoms with Gasteiger partial charge in [0.2, 0.25) is 0 Å². The molecule has 2 rings (SSSR count). The van der Waals surface area contributed by atoms with Gasteiger partial charge in [0, 0.05) is 13.2 Å². The molecule has 0 aliphatic carbocycles. The molecule has 0 saturated carbocycles. The molecule has 1 aromatic rings. The van der Waals surface area contributed by atoms with Crippen molar-refractivity contribution in [2.45, 2.75) is 25.9 Å². The molecule has 1 aliphatic heterocycles. The molecule has 1 N–H and O–H groups in total. The topological polar surface area (TPSA) is 60.5 Å². The molecule has 1 saturated heterocycles. The number of nitrogens with one attached hydrogen (secondary N) is 1. The fourth-order valence-corrected chi connectivity index (χ4v) is 2.41. The Morgan fingerprint density at radius 2 is 2.65 bits per heavy atom. The Labute approximate surface area is 104 Å². The van der Waals surface area contributed by atoms with E-state index < -0.39 is 0 Å². The van der Waals surface area contributed by atoms with Crippen LogP contribution >= 0.6 is 11.3 Å². The lowest BCUT2D eigenvalue weighted by molar-refractivity contribution is 0.0521. The number of aromatic nitrogens is 1. The van der Waals surface area contributed by atoms with Crippen molar-refractivity contribution in [1.82, 2.24) is 4.98 Å². The van der Waals surface area contributed by atoms with Gasteiger partial charge in [-0.15, -0.1) is 11.3 Å². The maximum absolute atomic E-state index is 11.6. The van der Waals surface area contributed by atoms with Gasteiger partial charge in [0.15, 0.2) is 5.69 Å². The van der Waals surface area contributed by atoms with Gasteiger partial charge in [-0.2, -0.15) is 0 Å². The predicted octanol–water partition coefficient (Wildman–Crippen LogP) is 1.91. The van der Waals surface area contributed by atoms with Crippen molar-refractivity contribution in [3.05, 3.63) is 11.2 Å². The van der Waals surface area contributed by atoms with Crippen LogP contribution in [0.3, 0.4) is 0 Å². The molecule has 0 radical (unpaired) electrons. The summed E-state index contributed by atoms with van der Waals surface area (Å²) in [6, 6.07) is 0. The molecule has 17 heavy (non-hydrogen) atoms. The number of carbonyl (C=O) groups is 1. The highest BCUT2D eigenvalue weighted by molar-refractivity contribution is 7.14. The Morgan fingerprint density at radius 1 is 1.76 bits per heavy atom. The minimum absolute atomic E-state index is 0.243. The average molecular weight is 256 g/mol. The number of ether oxygens (including phenoxy) is 2. The molecule has 1 atom stereocenters. The van der Waals surface area contributed by atoms with E-state index in [0.717, 1.165) is 24.4 Å². The van der Waals surface area contributed by atoms with Crippen molar-refractivity contribution in [2.24, 2.45) is 0 Å². The van der Waals surface area contributed by atoms with Crippen molar-refractivity contribution in [2.75, 3.05) is 25.1 Å². The van der Waals surface area contributed by atoms with Crippen LogP contribution in [-0.2, 0) is 9.47 Å². The third-order valence-electron chi connectivity index (χ3n) is 2.55. The molecule has 0 aromatic carbocycles. The Hall–Kier alpha value is -1.14. The second kappa shape index (κ2) is 5.97. The first-order valence-corrected chi connectivity index (χ1v) is 6.65. The normalized spacial score (nSPS) is 19.2. The molecule has 1 fully saturated rings. The van der Waals surface area contributed by atoms with E-state index in [1.54, 1.807) is 12.4 Å². The minimum Gasteiger partial charge on any atom is -0.461 e. The summed E-state index contributed by atoms with van der Waals surface area (Å²) in [6.07, 6.45) is 2.42. The van der Waals surface area contributed by atoms with Gasteiger partial charge in [-0.3, -0.25) is 0 Å².